The Kier molecular flexibility index (Phi) is 4.98. The van der Waals surface area contributed by atoms with Crippen LogP contribution in [0.1, 0.15) is 11.3 Å². The average molecular weight is 437 g/mol. The van der Waals surface area contributed by atoms with Crippen LogP contribution in [0.15, 0.2) is 72.8 Å². The highest BCUT2D eigenvalue weighted by Gasteiger charge is 2.13. The minimum Gasteiger partial charge on any atom is -0.323 e. The van der Waals surface area contributed by atoms with Gasteiger partial charge < -0.3 is 5.32 Å². The molecule has 0 bridgehead atoms. The molecule has 0 unspecified atom stereocenters. The van der Waals surface area contributed by atoms with Crippen molar-refractivity contribution < 1.29 is 4.92 Å². The number of nitro groups is 1. The molecule has 5 aromatic rings. The predicted octanol–water partition coefficient (Wildman–Crippen LogP) is 5.15. The molecular formula is C24H19N7O2. The van der Waals surface area contributed by atoms with Crippen LogP contribution in [0, 0.1) is 24.0 Å². The van der Waals surface area contributed by atoms with Gasteiger partial charge >= 0.3 is 0 Å². The van der Waals surface area contributed by atoms with Crippen LogP contribution in [0.3, 0.4) is 0 Å². The summed E-state index contributed by atoms with van der Waals surface area (Å²) in [5, 5.41) is 28.4. The molecule has 0 atom stereocenters. The number of non-ortho nitro benzene ring substituents is 1. The molecule has 5 rings (SSSR count). The molecule has 162 valence electrons. The normalized spacial score (nSPS) is 11.0. The van der Waals surface area contributed by atoms with E-state index in [0.717, 1.165) is 22.2 Å². The van der Waals surface area contributed by atoms with Gasteiger partial charge in [-0.05, 0) is 43.7 Å². The fourth-order valence-corrected chi connectivity index (χ4v) is 3.67. The van der Waals surface area contributed by atoms with Gasteiger partial charge in [-0.25, -0.2) is 4.98 Å². The van der Waals surface area contributed by atoms with Crippen LogP contribution in [-0.2, 0) is 0 Å². The Morgan fingerprint density at radius 3 is 2.58 bits per heavy atom. The number of para-hydroxylation sites is 1. The van der Waals surface area contributed by atoms with Crippen molar-refractivity contribution in [3.63, 3.8) is 0 Å². The van der Waals surface area contributed by atoms with Crippen molar-refractivity contribution in [2.45, 2.75) is 13.8 Å². The topological polar surface area (TPSA) is 112 Å². The minimum atomic E-state index is -0.432. The van der Waals surface area contributed by atoms with Gasteiger partial charge in [0.05, 0.1) is 21.8 Å². The fourth-order valence-electron chi connectivity index (χ4n) is 3.67. The number of nitrogens with zero attached hydrogens (tertiary/aromatic N) is 6. The Bertz CT molecular complexity index is 1490. The summed E-state index contributed by atoms with van der Waals surface area (Å²) >= 11 is 0. The number of pyridine rings is 1. The maximum Gasteiger partial charge on any atom is 0.270 e. The van der Waals surface area contributed by atoms with Crippen LogP contribution in [0.25, 0.3) is 28.0 Å². The third-order valence-corrected chi connectivity index (χ3v) is 5.23. The smallest absolute Gasteiger partial charge is 0.270 e. The second-order valence-corrected chi connectivity index (χ2v) is 7.63. The number of benzene rings is 2. The first-order valence-electron chi connectivity index (χ1n) is 10.3. The summed E-state index contributed by atoms with van der Waals surface area (Å²) in [6.45, 7) is 3.96. The van der Waals surface area contributed by atoms with Crippen molar-refractivity contribution >= 4 is 28.2 Å². The highest BCUT2D eigenvalue weighted by molar-refractivity contribution is 5.83. The zero-order valence-corrected chi connectivity index (χ0v) is 17.9. The number of hydrogen-bond donors (Lipinski definition) is 1. The van der Waals surface area contributed by atoms with Crippen molar-refractivity contribution in [2.24, 2.45) is 0 Å². The van der Waals surface area contributed by atoms with Crippen LogP contribution in [0.4, 0.5) is 17.3 Å². The van der Waals surface area contributed by atoms with E-state index in [2.05, 4.69) is 27.5 Å². The molecule has 0 aliphatic heterocycles. The second kappa shape index (κ2) is 8.12. The maximum atomic E-state index is 11.0. The average Bonchev–Trinajstić information content (AvgIpc) is 3.19. The molecule has 2 aromatic carbocycles. The van der Waals surface area contributed by atoms with Crippen molar-refractivity contribution in [1.29, 1.82) is 0 Å². The fraction of sp³-hybridized carbons (Fsp3) is 0.0833. The highest BCUT2D eigenvalue weighted by Crippen LogP contribution is 2.25. The van der Waals surface area contributed by atoms with Gasteiger partial charge in [0, 0.05) is 29.1 Å². The van der Waals surface area contributed by atoms with E-state index in [4.69, 9.17) is 4.98 Å². The van der Waals surface area contributed by atoms with E-state index >= 15 is 0 Å². The Morgan fingerprint density at radius 2 is 1.79 bits per heavy atom. The lowest BCUT2D eigenvalue weighted by atomic mass is 10.1. The summed E-state index contributed by atoms with van der Waals surface area (Å²) in [6, 6.07) is 21.7. The summed E-state index contributed by atoms with van der Waals surface area (Å²) in [6.07, 6.45) is 0. The van der Waals surface area contributed by atoms with Gasteiger partial charge in [0.25, 0.3) is 5.69 Å². The molecule has 0 fully saturated rings. The quantitative estimate of drug-likeness (QED) is 0.299. The lowest BCUT2D eigenvalue weighted by Gasteiger charge is -2.11. The number of rotatable bonds is 5. The largest absolute Gasteiger partial charge is 0.323 e. The summed E-state index contributed by atoms with van der Waals surface area (Å²) in [4.78, 5) is 15.4. The molecule has 0 aliphatic carbocycles. The van der Waals surface area contributed by atoms with Crippen LogP contribution in [-0.4, -0.2) is 29.9 Å². The Balaban J connectivity index is 1.46. The summed E-state index contributed by atoms with van der Waals surface area (Å²) in [7, 11) is 0. The Labute approximate surface area is 188 Å². The van der Waals surface area contributed by atoms with Crippen molar-refractivity contribution in [2.75, 3.05) is 5.32 Å². The number of aromatic nitrogens is 5. The first kappa shape index (κ1) is 20.3. The zero-order chi connectivity index (χ0) is 22.9. The number of hydrogen-bond acceptors (Lipinski definition) is 7. The number of nitro benzene ring substituents is 1. The van der Waals surface area contributed by atoms with E-state index in [1.54, 1.807) is 28.9 Å². The molecule has 0 radical (unpaired) electrons. The number of aryl methyl sites for hydroxylation is 2. The molecule has 0 amide bonds. The molecular weight excluding hydrogens is 418 g/mol. The van der Waals surface area contributed by atoms with Crippen LogP contribution in [0.2, 0.25) is 0 Å². The van der Waals surface area contributed by atoms with E-state index in [9.17, 15) is 10.1 Å². The van der Waals surface area contributed by atoms with Gasteiger partial charge in [-0.2, -0.15) is 9.78 Å². The molecule has 1 N–H and O–H groups in total. The first-order chi connectivity index (χ1) is 16.0. The monoisotopic (exact) mass is 437 g/mol. The Morgan fingerprint density at radius 1 is 0.939 bits per heavy atom. The third kappa shape index (κ3) is 3.99. The molecule has 0 aliphatic rings. The molecule has 9 nitrogen and oxygen atoms in total. The van der Waals surface area contributed by atoms with Crippen LogP contribution in [0.5, 0.6) is 0 Å². The summed E-state index contributed by atoms with van der Waals surface area (Å²) < 4.78 is 1.74. The molecule has 0 saturated carbocycles. The first-order valence-corrected chi connectivity index (χ1v) is 10.3. The van der Waals surface area contributed by atoms with Crippen molar-refractivity contribution in [3.8, 4) is 17.1 Å². The SMILES string of the molecule is Cc1cc(Nc2ccc(-c3cccc([N+](=O)[O-])c3)nn2)n(-c2cc(C)c3ccccc3n2)n1. The number of fused-ring (bicyclic) bond motifs is 1. The van der Waals surface area contributed by atoms with E-state index in [0.29, 0.717) is 28.7 Å². The van der Waals surface area contributed by atoms with Gasteiger partial charge in [-0.15, -0.1) is 10.2 Å². The van der Waals surface area contributed by atoms with Crippen molar-refractivity contribution in [1.82, 2.24) is 25.0 Å². The van der Waals surface area contributed by atoms with Gasteiger partial charge in [-0.3, -0.25) is 10.1 Å². The molecule has 3 aromatic heterocycles. The number of nitrogens with one attached hydrogen (secondary N) is 1. The van der Waals surface area contributed by atoms with Gasteiger partial charge in [0.1, 0.15) is 5.82 Å². The van der Waals surface area contributed by atoms with Gasteiger partial charge in [0.2, 0.25) is 0 Å². The van der Waals surface area contributed by atoms with Gasteiger partial charge in [-0.1, -0.05) is 30.3 Å². The molecule has 3 heterocycles. The summed E-state index contributed by atoms with van der Waals surface area (Å²) in [5.41, 5.74) is 4.00. The highest BCUT2D eigenvalue weighted by atomic mass is 16.6. The second-order valence-electron chi connectivity index (χ2n) is 7.63. The van der Waals surface area contributed by atoms with Crippen molar-refractivity contribution in [3.05, 3.63) is 94.2 Å². The lowest BCUT2D eigenvalue weighted by Crippen LogP contribution is -2.06. The molecule has 0 spiro atoms. The van der Waals surface area contributed by atoms with E-state index in [-0.39, 0.29) is 5.69 Å². The van der Waals surface area contributed by atoms with E-state index in [1.807, 2.05) is 43.3 Å². The Hall–Kier alpha value is -4.66. The van der Waals surface area contributed by atoms with E-state index in [1.165, 1.54) is 12.1 Å². The lowest BCUT2D eigenvalue weighted by molar-refractivity contribution is -0.384. The van der Waals surface area contributed by atoms with E-state index < -0.39 is 4.92 Å². The standard InChI is InChI=1S/C24H19N7O2/c1-15-12-23(25-21-9-4-3-8-19(15)21)30-24(13-16(2)29-30)26-22-11-10-20(27-28-22)17-6-5-7-18(14-17)31(32)33/h3-14H,1-2H3,(H,26,28). The van der Waals surface area contributed by atoms with Gasteiger partial charge in [0.15, 0.2) is 11.6 Å². The van der Waals surface area contributed by atoms with Crippen LogP contribution >= 0.6 is 0 Å². The zero-order valence-electron chi connectivity index (χ0n) is 17.9. The minimum absolute atomic E-state index is 0.00839. The molecule has 9 heteroatoms. The third-order valence-electron chi connectivity index (χ3n) is 5.23. The molecule has 33 heavy (non-hydrogen) atoms. The molecule has 0 saturated heterocycles. The maximum absolute atomic E-state index is 11.0. The number of anilines is 2. The van der Waals surface area contributed by atoms with Crippen LogP contribution < -0.4 is 5.32 Å². The summed E-state index contributed by atoms with van der Waals surface area (Å²) in [5.74, 6) is 1.91. The predicted molar refractivity (Wildman–Crippen MR) is 126 cm³/mol.